The van der Waals surface area contributed by atoms with E-state index < -0.39 is 0 Å². The summed E-state index contributed by atoms with van der Waals surface area (Å²) < 4.78 is 0.00337. The Kier molecular flexibility index (Phi) is 17.2. The van der Waals surface area contributed by atoms with Gasteiger partial charge >= 0.3 is 0 Å². The minimum atomic E-state index is 0.00337. The number of unbranched alkanes of at least 4 members (excludes halogenated alkanes) is 12. The number of hydroxylamine groups is 3. The van der Waals surface area contributed by atoms with Crippen molar-refractivity contribution < 1.29 is 4.65 Å². The van der Waals surface area contributed by atoms with E-state index in [1.165, 1.54) is 83.5 Å². The Morgan fingerprint density at radius 3 is 1.46 bits per heavy atom. The molecular formula is C22H45NO. The minimum absolute atomic E-state index is 0.00337. The van der Waals surface area contributed by atoms with Gasteiger partial charge in [-0.05, 0) is 52.4 Å². The zero-order valence-corrected chi connectivity index (χ0v) is 17.0. The van der Waals surface area contributed by atoms with Crippen LogP contribution in [0.1, 0.15) is 111 Å². The van der Waals surface area contributed by atoms with Crippen LogP contribution in [0.4, 0.5) is 0 Å². The Labute approximate surface area is 152 Å². The maximum Gasteiger partial charge on any atom is 0.0783 e. The molecule has 0 saturated heterocycles. The molecule has 0 aliphatic rings. The van der Waals surface area contributed by atoms with E-state index in [0.29, 0.717) is 0 Å². The van der Waals surface area contributed by atoms with Crippen molar-refractivity contribution in [3.05, 3.63) is 17.4 Å². The van der Waals surface area contributed by atoms with Crippen LogP contribution in [0.15, 0.2) is 12.2 Å². The topological polar surface area (TPSA) is 23.1 Å². The van der Waals surface area contributed by atoms with Crippen LogP contribution in [0, 0.1) is 5.21 Å². The Hall–Kier alpha value is -0.340. The molecule has 0 rings (SSSR count). The first-order chi connectivity index (χ1) is 11.7. The normalized spacial score (nSPS) is 12.3. The second-order valence-electron chi connectivity index (χ2n) is 7.35. The molecule has 0 atom stereocenters. The van der Waals surface area contributed by atoms with Gasteiger partial charge in [0.05, 0.1) is 19.6 Å². The predicted octanol–water partition coefficient (Wildman–Crippen LogP) is 7.38. The first-order valence-corrected chi connectivity index (χ1v) is 10.9. The summed E-state index contributed by atoms with van der Waals surface area (Å²) in [5.41, 5.74) is 0. The SMILES string of the molecule is CCCCCCCCC=CCCCCCCCC[N+]([O-])(CC)CC. The summed E-state index contributed by atoms with van der Waals surface area (Å²) in [4.78, 5) is 0. The fourth-order valence-corrected chi connectivity index (χ4v) is 3.19. The molecule has 0 unspecified atom stereocenters. The van der Waals surface area contributed by atoms with E-state index in [1.54, 1.807) is 0 Å². The molecule has 0 aromatic rings. The number of hydrogen-bond acceptors (Lipinski definition) is 1. The Morgan fingerprint density at radius 2 is 1.00 bits per heavy atom. The quantitative estimate of drug-likeness (QED) is 0.111. The lowest BCUT2D eigenvalue weighted by molar-refractivity contribution is -0.877. The van der Waals surface area contributed by atoms with Gasteiger partial charge in [-0.3, -0.25) is 0 Å². The molecule has 2 nitrogen and oxygen atoms in total. The summed E-state index contributed by atoms with van der Waals surface area (Å²) in [7, 11) is 0. The predicted molar refractivity (Wildman–Crippen MR) is 109 cm³/mol. The third-order valence-electron chi connectivity index (χ3n) is 5.23. The standard InChI is InChI=1S/C22H45NO/c1-4-7-8-9-10-11-12-13-14-15-16-17-18-19-20-21-22-23(24,5-2)6-3/h13-14H,4-12,15-22H2,1-3H3. The smallest absolute Gasteiger partial charge is 0.0783 e. The number of hydrogen-bond donors (Lipinski definition) is 0. The Morgan fingerprint density at radius 1 is 0.583 bits per heavy atom. The lowest BCUT2D eigenvalue weighted by Crippen LogP contribution is -2.42. The number of nitrogens with zero attached hydrogens (tertiary/aromatic N) is 1. The van der Waals surface area contributed by atoms with Crippen LogP contribution in [0.5, 0.6) is 0 Å². The van der Waals surface area contributed by atoms with Crippen molar-refractivity contribution in [2.75, 3.05) is 19.6 Å². The summed E-state index contributed by atoms with van der Waals surface area (Å²) in [6.45, 7) is 8.56. The molecule has 0 fully saturated rings. The van der Waals surface area contributed by atoms with Gasteiger partial charge in [0.1, 0.15) is 0 Å². The number of rotatable bonds is 18. The van der Waals surface area contributed by atoms with E-state index in [2.05, 4.69) is 19.1 Å². The summed E-state index contributed by atoms with van der Waals surface area (Å²) in [6, 6.07) is 0. The van der Waals surface area contributed by atoms with Crippen LogP contribution in [0.2, 0.25) is 0 Å². The van der Waals surface area contributed by atoms with Crippen molar-refractivity contribution in [1.29, 1.82) is 0 Å². The summed E-state index contributed by atoms with van der Waals surface area (Å²) in [5, 5.41) is 12.1. The van der Waals surface area contributed by atoms with Crippen LogP contribution >= 0.6 is 0 Å². The van der Waals surface area contributed by atoms with Crippen LogP contribution in [-0.2, 0) is 0 Å². The van der Waals surface area contributed by atoms with E-state index in [-0.39, 0.29) is 4.65 Å². The highest BCUT2D eigenvalue weighted by Gasteiger charge is 2.09. The monoisotopic (exact) mass is 339 g/mol. The highest BCUT2D eigenvalue weighted by atomic mass is 16.5. The van der Waals surface area contributed by atoms with Gasteiger partial charge in [-0.1, -0.05) is 70.4 Å². The molecule has 0 radical (unpaired) electrons. The molecule has 0 N–H and O–H groups in total. The molecule has 2 heteroatoms. The van der Waals surface area contributed by atoms with Crippen molar-refractivity contribution in [3.8, 4) is 0 Å². The molecule has 0 aromatic heterocycles. The molecule has 24 heavy (non-hydrogen) atoms. The lowest BCUT2D eigenvalue weighted by Gasteiger charge is -2.41. The van der Waals surface area contributed by atoms with E-state index in [1.807, 2.05) is 13.8 Å². The molecule has 0 aromatic carbocycles. The Bertz CT molecular complexity index is 271. The van der Waals surface area contributed by atoms with Crippen LogP contribution in [0.25, 0.3) is 0 Å². The van der Waals surface area contributed by atoms with Crippen LogP contribution in [0.3, 0.4) is 0 Å². The average molecular weight is 340 g/mol. The third kappa shape index (κ3) is 15.2. The fraction of sp³-hybridized carbons (Fsp3) is 0.909. The van der Waals surface area contributed by atoms with Crippen molar-refractivity contribution in [3.63, 3.8) is 0 Å². The maximum atomic E-state index is 12.1. The van der Waals surface area contributed by atoms with E-state index in [9.17, 15) is 5.21 Å². The molecule has 0 heterocycles. The first kappa shape index (κ1) is 23.7. The van der Waals surface area contributed by atoms with Gasteiger partial charge in [-0.25, -0.2) is 0 Å². The molecular weight excluding hydrogens is 294 g/mol. The van der Waals surface area contributed by atoms with Gasteiger partial charge in [-0.15, -0.1) is 0 Å². The second kappa shape index (κ2) is 17.5. The zero-order chi connectivity index (χ0) is 17.9. The zero-order valence-electron chi connectivity index (χ0n) is 17.0. The highest BCUT2D eigenvalue weighted by Crippen LogP contribution is 2.12. The largest absolute Gasteiger partial charge is 0.633 e. The minimum Gasteiger partial charge on any atom is -0.633 e. The lowest BCUT2D eigenvalue weighted by atomic mass is 10.1. The van der Waals surface area contributed by atoms with Gasteiger partial charge in [-0.2, -0.15) is 0 Å². The summed E-state index contributed by atoms with van der Waals surface area (Å²) >= 11 is 0. The molecule has 0 saturated carbocycles. The first-order valence-electron chi connectivity index (χ1n) is 10.9. The molecule has 0 bridgehead atoms. The van der Waals surface area contributed by atoms with Crippen molar-refractivity contribution >= 4 is 0 Å². The van der Waals surface area contributed by atoms with Gasteiger partial charge in [0, 0.05) is 0 Å². The third-order valence-corrected chi connectivity index (χ3v) is 5.23. The van der Waals surface area contributed by atoms with Crippen LogP contribution < -0.4 is 0 Å². The fourth-order valence-electron chi connectivity index (χ4n) is 3.19. The average Bonchev–Trinajstić information content (AvgIpc) is 2.61. The molecule has 0 amide bonds. The van der Waals surface area contributed by atoms with Gasteiger partial charge in [0.15, 0.2) is 0 Å². The van der Waals surface area contributed by atoms with E-state index in [4.69, 9.17) is 0 Å². The van der Waals surface area contributed by atoms with Crippen molar-refractivity contribution in [1.82, 2.24) is 0 Å². The number of allylic oxidation sites excluding steroid dienone is 2. The van der Waals surface area contributed by atoms with Gasteiger partial charge in [0.25, 0.3) is 0 Å². The molecule has 144 valence electrons. The molecule has 0 aliphatic heterocycles. The van der Waals surface area contributed by atoms with E-state index >= 15 is 0 Å². The summed E-state index contributed by atoms with van der Waals surface area (Å²) in [5.74, 6) is 0. The van der Waals surface area contributed by atoms with Gasteiger partial charge < -0.3 is 9.85 Å². The number of quaternary nitrogens is 1. The Balaban J connectivity index is 3.23. The van der Waals surface area contributed by atoms with Crippen molar-refractivity contribution in [2.24, 2.45) is 0 Å². The highest BCUT2D eigenvalue weighted by molar-refractivity contribution is 4.81. The van der Waals surface area contributed by atoms with E-state index in [0.717, 1.165) is 26.1 Å². The molecule has 0 spiro atoms. The van der Waals surface area contributed by atoms with Gasteiger partial charge in [0.2, 0.25) is 0 Å². The summed E-state index contributed by atoms with van der Waals surface area (Å²) in [6.07, 6.45) is 23.3. The molecule has 0 aliphatic carbocycles. The van der Waals surface area contributed by atoms with Crippen molar-refractivity contribution in [2.45, 2.75) is 111 Å². The van der Waals surface area contributed by atoms with Crippen LogP contribution in [-0.4, -0.2) is 24.3 Å². The second-order valence-corrected chi connectivity index (χ2v) is 7.35. The maximum absolute atomic E-state index is 12.1.